The van der Waals surface area contributed by atoms with Gasteiger partial charge in [0.2, 0.25) is 0 Å². The molecule has 0 aliphatic heterocycles. The molecule has 2 aromatic carbocycles. The van der Waals surface area contributed by atoms with Gasteiger partial charge in [0.15, 0.2) is 0 Å². The van der Waals surface area contributed by atoms with E-state index in [0.29, 0.717) is 0 Å². The normalized spacial score (nSPS) is 10.6. The van der Waals surface area contributed by atoms with Crippen LogP contribution >= 0.6 is 11.6 Å². The van der Waals surface area contributed by atoms with Crippen LogP contribution in [0.25, 0.3) is 16.9 Å². The lowest BCUT2D eigenvalue weighted by atomic mass is 10.0. The first-order chi connectivity index (χ1) is 13.5. The summed E-state index contributed by atoms with van der Waals surface area (Å²) in [6, 6.07) is 14.2. The molecule has 3 rings (SSSR count). The van der Waals surface area contributed by atoms with Crippen molar-refractivity contribution in [2.24, 2.45) is 0 Å². The summed E-state index contributed by atoms with van der Waals surface area (Å²) < 4.78 is 2.01. The van der Waals surface area contributed by atoms with Gasteiger partial charge in [0.1, 0.15) is 0 Å². The molecule has 28 heavy (non-hydrogen) atoms. The van der Waals surface area contributed by atoms with Gasteiger partial charge in [-0.3, -0.25) is 0 Å². The average Bonchev–Trinajstić information content (AvgIpc) is 2.97. The monoisotopic (exact) mass is 392 g/mol. The number of hydrogen-bond donors (Lipinski definition) is 1. The molecule has 0 saturated heterocycles. The maximum absolute atomic E-state index is 8.82. The lowest BCUT2D eigenvalue weighted by Crippen LogP contribution is -2.02. The predicted octanol–water partition coefficient (Wildman–Crippen LogP) is 5.63. The third-order valence-corrected chi connectivity index (χ3v) is 5.08. The number of hydrogen-bond acceptors (Lipinski definition) is 2. The molecule has 0 unspecified atom stereocenters. The van der Waals surface area contributed by atoms with E-state index in [1.165, 1.54) is 0 Å². The van der Waals surface area contributed by atoms with Gasteiger partial charge in [-0.15, -0.1) is 0 Å². The van der Waals surface area contributed by atoms with Crippen molar-refractivity contribution in [2.75, 3.05) is 6.61 Å². The van der Waals surface area contributed by atoms with E-state index in [4.69, 9.17) is 21.8 Å². The minimum absolute atomic E-state index is 0.232. The highest BCUT2D eigenvalue weighted by atomic mass is 35.5. The summed E-state index contributed by atoms with van der Waals surface area (Å²) in [7, 11) is 0. The smallest absolute Gasteiger partial charge is 0.0773 e. The summed E-state index contributed by atoms with van der Waals surface area (Å²) in [4.78, 5) is 0. The van der Waals surface area contributed by atoms with E-state index in [1.807, 2.05) is 36.7 Å². The zero-order chi connectivity index (χ0) is 20.1. The molecule has 0 aliphatic carbocycles. The second kappa shape index (κ2) is 9.10. The maximum Gasteiger partial charge on any atom is 0.0773 e. The first-order valence-electron chi connectivity index (χ1n) is 9.54. The predicted molar refractivity (Wildman–Crippen MR) is 116 cm³/mol. The Morgan fingerprint density at radius 3 is 2.46 bits per heavy atom. The maximum atomic E-state index is 8.82. The van der Waals surface area contributed by atoms with Gasteiger partial charge in [0, 0.05) is 29.2 Å². The summed E-state index contributed by atoms with van der Waals surface area (Å²) >= 11 is 6.13. The lowest BCUT2D eigenvalue weighted by molar-refractivity contribution is 0.285. The van der Waals surface area contributed by atoms with Crippen LogP contribution in [0.4, 0.5) is 0 Å². The number of aryl methyl sites for hydroxylation is 2. The summed E-state index contributed by atoms with van der Waals surface area (Å²) in [5, 5.41) is 14.3. The number of aromatic nitrogens is 2. The third kappa shape index (κ3) is 4.47. The standard InChI is InChI=1S/C24H25ClN2O/c1-17-16-22(25)13-14-23(17)27-24(18(2)19(3)26-27)21-11-9-20(10-12-21)8-6-4-5-7-15-28/h9-14,16,28H,4-5,7,15H2,1-3H3. The SMILES string of the molecule is Cc1cc(Cl)ccc1-n1nc(C)c(C)c1-c1ccc(C#CCCCCO)cc1. The minimum Gasteiger partial charge on any atom is -0.396 e. The molecule has 144 valence electrons. The van der Waals surface area contributed by atoms with Crippen molar-refractivity contribution in [2.45, 2.75) is 40.0 Å². The molecule has 4 heteroatoms. The quantitative estimate of drug-likeness (QED) is 0.451. The van der Waals surface area contributed by atoms with E-state index >= 15 is 0 Å². The number of nitrogens with zero attached hydrogens (tertiary/aromatic N) is 2. The highest BCUT2D eigenvalue weighted by Crippen LogP contribution is 2.30. The number of rotatable bonds is 5. The highest BCUT2D eigenvalue weighted by Gasteiger charge is 2.16. The van der Waals surface area contributed by atoms with Crippen LogP contribution in [0.2, 0.25) is 5.02 Å². The number of aliphatic hydroxyl groups excluding tert-OH is 1. The Bertz CT molecular complexity index is 1020. The Balaban J connectivity index is 1.93. The van der Waals surface area contributed by atoms with Crippen molar-refractivity contribution in [3.8, 4) is 28.8 Å². The van der Waals surface area contributed by atoms with Crippen LogP contribution < -0.4 is 0 Å². The third-order valence-electron chi connectivity index (χ3n) is 4.85. The van der Waals surface area contributed by atoms with Crippen molar-refractivity contribution in [1.82, 2.24) is 9.78 Å². The summed E-state index contributed by atoms with van der Waals surface area (Å²) in [5.74, 6) is 6.37. The van der Waals surface area contributed by atoms with Crippen LogP contribution in [-0.2, 0) is 0 Å². The van der Waals surface area contributed by atoms with E-state index in [0.717, 1.165) is 63.6 Å². The lowest BCUT2D eigenvalue weighted by Gasteiger charge is -2.12. The van der Waals surface area contributed by atoms with Crippen molar-refractivity contribution in [3.05, 3.63) is 69.9 Å². The molecule has 3 aromatic rings. The van der Waals surface area contributed by atoms with Gasteiger partial charge in [-0.05, 0) is 75.1 Å². The number of benzene rings is 2. The summed E-state index contributed by atoms with van der Waals surface area (Å²) in [5.41, 5.74) is 7.48. The van der Waals surface area contributed by atoms with Crippen molar-refractivity contribution >= 4 is 11.6 Å². The zero-order valence-electron chi connectivity index (χ0n) is 16.6. The van der Waals surface area contributed by atoms with Crippen LogP contribution in [0, 0.1) is 32.6 Å². The summed E-state index contributed by atoms with van der Waals surface area (Å²) in [6.45, 7) is 6.42. The van der Waals surface area contributed by atoms with E-state index < -0.39 is 0 Å². The molecule has 0 saturated carbocycles. The van der Waals surface area contributed by atoms with E-state index in [2.05, 4.69) is 43.0 Å². The second-order valence-corrected chi connectivity index (χ2v) is 7.40. The van der Waals surface area contributed by atoms with E-state index in [-0.39, 0.29) is 6.61 Å². The van der Waals surface area contributed by atoms with E-state index in [1.54, 1.807) is 0 Å². The Morgan fingerprint density at radius 1 is 1.04 bits per heavy atom. The van der Waals surface area contributed by atoms with Crippen molar-refractivity contribution in [1.29, 1.82) is 0 Å². The highest BCUT2D eigenvalue weighted by molar-refractivity contribution is 6.30. The van der Waals surface area contributed by atoms with Gasteiger partial charge < -0.3 is 5.11 Å². The van der Waals surface area contributed by atoms with Crippen molar-refractivity contribution in [3.63, 3.8) is 0 Å². The Hall–Kier alpha value is -2.54. The second-order valence-electron chi connectivity index (χ2n) is 6.96. The van der Waals surface area contributed by atoms with Gasteiger partial charge in [0.25, 0.3) is 0 Å². The average molecular weight is 393 g/mol. The topological polar surface area (TPSA) is 38.0 Å². The molecule has 0 aliphatic rings. The Morgan fingerprint density at radius 2 is 1.79 bits per heavy atom. The zero-order valence-corrected chi connectivity index (χ0v) is 17.3. The molecule has 1 N–H and O–H groups in total. The van der Waals surface area contributed by atoms with Gasteiger partial charge in [0.05, 0.1) is 17.1 Å². The Kier molecular flexibility index (Phi) is 6.57. The van der Waals surface area contributed by atoms with Gasteiger partial charge >= 0.3 is 0 Å². The van der Waals surface area contributed by atoms with Crippen LogP contribution in [0.15, 0.2) is 42.5 Å². The van der Waals surface area contributed by atoms with Gasteiger partial charge in [-0.1, -0.05) is 35.6 Å². The molecule has 1 aromatic heterocycles. The largest absolute Gasteiger partial charge is 0.396 e. The number of aliphatic hydroxyl groups is 1. The van der Waals surface area contributed by atoms with Gasteiger partial charge in [-0.25, -0.2) is 4.68 Å². The molecule has 0 atom stereocenters. The fourth-order valence-electron chi connectivity index (χ4n) is 3.18. The summed E-state index contributed by atoms with van der Waals surface area (Å²) in [6.07, 6.45) is 2.54. The number of unbranched alkanes of at least 4 members (excludes halogenated alkanes) is 2. The fourth-order valence-corrected chi connectivity index (χ4v) is 3.40. The molecule has 0 spiro atoms. The van der Waals surface area contributed by atoms with Crippen LogP contribution in [0.5, 0.6) is 0 Å². The van der Waals surface area contributed by atoms with E-state index in [9.17, 15) is 0 Å². The Labute approximate surface area is 172 Å². The number of halogens is 1. The minimum atomic E-state index is 0.232. The molecule has 0 amide bonds. The fraction of sp³-hybridized carbons (Fsp3) is 0.292. The molecular weight excluding hydrogens is 368 g/mol. The molecule has 0 fully saturated rings. The molecule has 3 nitrogen and oxygen atoms in total. The first kappa shape index (κ1) is 20.2. The molecule has 1 heterocycles. The van der Waals surface area contributed by atoms with Crippen LogP contribution in [0.1, 0.15) is 41.6 Å². The molecule has 0 radical (unpaired) electrons. The van der Waals surface area contributed by atoms with Crippen LogP contribution in [-0.4, -0.2) is 21.5 Å². The van der Waals surface area contributed by atoms with Crippen LogP contribution in [0.3, 0.4) is 0 Å². The van der Waals surface area contributed by atoms with Gasteiger partial charge in [-0.2, -0.15) is 5.10 Å². The molecule has 0 bridgehead atoms. The molecular formula is C24H25ClN2O. The first-order valence-corrected chi connectivity index (χ1v) is 9.92. The van der Waals surface area contributed by atoms with Crippen molar-refractivity contribution < 1.29 is 5.11 Å².